The number of anilines is 1. The third-order valence-corrected chi connectivity index (χ3v) is 7.24. The number of hydrogen-bond acceptors (Lipinski definition) is 9. The van der Waals surface area contributed by atoms with Crippen LogP contribution in [-0.2, 0) is 22.4 Å². The van der Waals surface area contributed by atoms with Gasteiger partial charge in [-0.2, -0.15) is 0 Å². The topological polar surface area (TPSA) is 107 Å². The van der Waals surface area contributed by atoms with E-state index in [-0.39, 0.29) is 11.9 Å². The van der Waals surface area contributed by atoms with E-state index in [1.807, 2.05) is 6.07 Å². The zero-order chi connectivity index (χ0) is 22.5. The molecule has 0 aliphatic heterocycles. The average molecular weight is 473 g/mol. The lowest BCUT2D eigenvalue weighted by atomic mass is 10.1. The third-order valence-electron chi connectivity index (χ3n) is 5.10. The molecule has 1 atom stereocenters. The molecule has 1 aliphatic carbocycles. The molecule has 168 valence electrons. The van der Waals surface area contributed by atoms with Gasteiger partial charge in [-0.15, -0.1) is 21.5 Å². The lowest BCUT2D eigenvalue weighted by Gasteiger charge is -2.11. The Labute approximate surface area is 194 Å². The van der Waals surface area contributed by atoms with Crippen molar-refractivity contribution in [3.63, 3.8) is 0 Å². The Kier molecular flexibility index (Phi) is 7.21. The number of nitrogens with one attached hydrogen (secondary N) is 1. The molecule has 0 radical (unpaired) electrons. The van der Waals surface area contributed by atoms with Crippen LogP contribution in [0.5, 0.6) is 0 Å². The fourth-order valence-corrected chi connectivity index (χ4v) is 5.50. The summed E-state index contributed by atoms with van der Waals surface area (Å²) >= 11 is 2.65. The number of esters is 1. The summed E-state index contributed by atoms with van der Waals surface area (Å²) in [7, 11) is 0. The SMILES string of the molecule is CCOC(=O)c1c(NC(=O)C(C)Sc2nnc(-c3cccnc3)o2)sc2c1CCCCC2. The number of hydrogen-bond donors (Lipinski definition) is 1. The summed E-state index contributed by atoms with van der Waals surface area (Å²) in [5.41, 5.74) is 2.25. The van der Waals surface area contributed by atoms with E-state index in [1.54, 1.807) is 32.3 Å². The molecule has 8 nitrogen and oxygen atoms in total. The normalized spacial score (nSPS) is 14.3. The van der Waals surface area contributed by atoms with Gasteiger partial charge < -0.3 is 14.5 Å². The first-order valence-corrected chi connectivity index (χ1v) is 12.3. The fourth-order valence-electron chi connectivity index (χ4n) is 3.53. The molecule has 0 spiro atoms. The van der Waals surface area contributed by atoms with E-state index >= 15 is 0 Å². The number of thioether (sulfide) groups is 1. The van der Waals surface area contributed by atoms with Crippen molar-refractivity contribution in [3.05, 3.63) is 40.5 Å². The van der Waals surface area contributed by atoms with Crippen LogP contribution in [0.4, 0.5) is 5.00 Å². The van der Waals surface area contributed by atoms with Crippen LogP contribution in [0.3, 0.4) is 0 Å². The first-order valence-electron chi connectivity index (χ1n) is 10.6. The van der Waals surface area contributed by atoms with Crippen molar-refractivity contribution in [1.82, 2.24) is 15.2 Å². The Morgan fingerprint density at radius 1 is 1.28 bits per heavy atom. The Balaban J connectivity index is 1.49. The smallest absolute Gasteiger partial charge is 0.341 e. The number of carbonyl (C=O) groups is 2. The van der Waals surface area contributed by atoms with E-state index in [0.717, 1.165) is 49.4 Å². The van der Waals surface area contributed by atoms with E-state index in [1.165, 1.54) is 16.2 Å². The molecule has 32 heavy (non-hydrogen) atoms. The minimum Gasteiger partial charge on any atom is -0.462 e. The Hall–Kier alpha value is -2.72. The van der Waals surface area contributed by atoms with Crippen molar-refractivity contribution < 1.29 is 18.7 Å². The summed E-state index contributed by atoms with van der Waals surface area (Å²) in [5.74, 6) is -0.265. The second-order valence-corrected chi connectivity index (χ2v) is 9.75. The Morgan fingerprint density at radius 3 is 2.91 bits per heavy atom. The maximum absolute atomic E-state index is 12.9. The van der Waals surface area contributed by atoms with Gasteiger partial charge in [0.25, 0.3) is 5.22 Å². The van der Waals surface area contributed by atoms with Gasteiger partial charge in [0.15, 0.2) is 0 Å². The van der Waals surface area contributed by atoms with Gasteiger partial charge in [0.1, 0.15) is 5.00 Å². The number of aryl methyl sites for hydroxylation is 1. The van der Waals surface area contributed by atoms with Crippen LogP contribution >= 0.6 is 23.1 Å². The van der Waals surface area contributed by atoms with Crippen molar-refractivity contribution in [2.24, 2.45) is 0 Å². The molecule has 1 unspecified atom stereocenters. The monoisotopic (exact) mass is 472 g/mol. The van der Waals surface area contributed by atoms with Crippen LogP contribution < -0.4 is 5.32 Å². The van der Waals surface area contributed by atoms with E-state index in [4.69, 9.17) is 9.15 Å². The van der Waals surface area contributed by atoms with Gasteiger partial charge in [-0.3, -0.25) is 9.78 Å². The molecular formula is C22H24N4O4S2. The number of fused-ring (bicyclic) bond motifs is 1. The molecule has 0 saturated carbocycles. The van der Waals surface area contributed by atoms with Crippen LogP contribution in [0.25, 0.3) is 11.5 Å². The van der Waals surface area contributed by atoms with Crippen LogP contribution in [-0.4, -0.2) is 38.9 Å². The van der Waals surface area contributed by atoms with E-state index in [9.17, 15) is 9.59 Å². The minimum absolute atomic E-state index is 0.238. The summed E-state index contributed by atoms with van der Waals surface area (Å²) < 4.78 is 11.0. The molecule has 10 heteroatoms. The summed E-state index contributed by atoms with van der Waals surface area (Å²) in [6, 6.07) is 3.61. The second-order valence-electron chi connectivity index (χ2n) is 7.35. The van der Waals surface area contributed by atoms with Gasteiger partial charge in [0.05, 0.1) is 23.0 Å². The molecule has 0 saturated heterocycles. The number of rotatable bonds is 7. The zero-order valence-corrected chi connectivity index (χ0v) is 19.6. The molecule has 3 aromatic heterocycles. The van der Waals surface area contributed by atoms with Gasteiger partial charge in [0.2, 0.25) is 11.8 Å². The second kappa shape index (κ2) is 10.3. The Morgan fingerprint density at radius 2 is 2.12 bits per heavy atom. The minimum atomic E-state index is -0.505. The van der Waals surface area contributed by atoms with Crippen molar-refractivity contribution >= 4 is 40.0 Å². The van der Waals surface area contributed by atoms with E-state index in [0.29, 0.717) is 33.8 Å². The number of thiophene rings is 1. The molecule has 1 amide bonds. The van der Waals surface area contributed by atoms with Crippen molar-refractivity contribution in [3.8, 4) is 11.5 Å². The van der Waals surface area contributed by atoms with E-state index in [2.05, 4.69) is 20.5 Å². The highest BCUT2D eigenvalue weighted by Gasteiger charge is 2.28. The van der Waals surface area contributed by atoms with Gasteiger partial charge in [-0.1, -0.05) is 18.2 Å². The van der Waals surface area contributed by atoms with Crippen LogP contribution in [0.15, 0.2) is 34.2 Å². The highest BCUT2D eigenvalue weighted by Crippen LogP contribution is 2.38. The lowest BCUT2D eigenvalue weighted by molar-refractivity contribution is -0.115. The molecule has 0 bridgehead atoms. The molecule has 1 N–H and O–H groups in total. The maximum atomic E-state index is 12.9. The quantitative estimate of drug-likeness (QED) is 0.298. The molecule has 1 aliphatic rings. The first-order chi connectivity index (χ1) is 15.6. The zero-order valence-electron chi connectivity index (χ0n) is 17.9. The van der Waals surface area contributed by atoms with Gasteiger partial charge in [-0.05, 0) is 57.2 Å². The number of aromatic nitrogens is 3. The van der Waals surface area contributed by atoms with Crippen molar-refractivity contribution in [1.29, 1.82) is 0 Å². The van der Waals surface area contributed by atoms with Gasteiger partial charge >= 0.3 is 5.97 Å². The van der Waals surface area contributed by atoms with Crippen LogP contribution in [0.1, 0.15) is 53.9 Å². The summed E-state index contributed by atoms with van der Waals surface area (Å²) in [4.78, 5) is 30.8. The number of pyridine rings is 1. The summed E-state index contributed by atoms with van der Waals surface area (Å²) in [5, 5.41) is 11.3. The number of carbonyl (C=O) groups excluding carboxylic acids is 2. The molecule has 3 aromatic rings. The highest BCUT2D eigenvalue weighted by atomic mass is 32.2. The molecule has 4 rings (SSSR count). The predicted molar refractivity (Wildman–Crippen MR) is 123 cm³/mol. The first kappa shape index (κ1) is 22.5. The fraction of sp³-hybridized carbons (Fsp3) is 0.409. The highest BCUT2D eigenvalue weighted by molar-refractivity contribution is 8.00. The maximum Gasteiger partial charge on any atom is 0.341 e. The molecular weight excluding hydrogens is 448 g/mol. The standard InChI is InChI=1S/C22H24N4O4S2/c1-3-29-21(28)17-15-9-5-4-6-10-16(15)32-20(17)24-18(27)13(2)31-22-26-25-19(30-22)14-8-7-11-23-12-14/h7-8,11-13H,3-6,9-10H2,1-2H3,(H,24,27). The average Bonchev–Trinajstić information content (AvgIpc) is 3.32. The molecule has 0 fully saturated rings. The third kappa shape index (κ3) is 5.02. The number of ether oxygens (including phenoxy) is 1. The predicted octanol–water partition coefficient (Wildman–Crippen LogP) is 4.76. The Bertz CT molecular complexity index is 1100. The van der Waals surface area contributed by atoms with Crippen LogP contribution in [0, 0.1) is 0 Å². The number of amides is 1. The number of nitrogens with zero attached hydrogens (tertiary/aromatic N) is 3. The van der Waals surface area contributed by atoms with Gasteiger partial charge in [0, 0.05) is 17.3 Å². The van der Waals surface area contributed by atoms with Crippen molar-refractivity contribution in [2.75, 3.05) is 11.9 Å². The lowest BCUT2D eigenvalue weighted by Crippen LogP contribution is -2.23. The van der Waals surface area contributed by atoms with Crippen molar-refractivity contribution in [2.45, 2.75) is 56.4 Å². The van der Waals surface area contributed by atoms with Gasteiger partial charge in [-0.25, -0.2) is 4.79 Å². The molecule has 0 aromatic carbocycles. The van der Waals surface area contributed by atoms with E-state index < -0.39 is 5.25 Å². The summed E-state index contributed by atoms with van der Waals surface area (Å²) in [6.45, 7) is 3.83. The molecule has 3 heterocycles. The van der Waals surface area contributed by atoms with Crippen LogP contribution in [0.2, 0.25) is 0 Å². The summed E-state index contributed by atoms with van der Waals surface area (Å²) in [6.07, 6.45) is 8.32. The largest absolute Gasteiger partial charge is 0.462 e.